The van der Waals surface area contributed by atoms with Gasteiger partial charge in [0.2, 0.25) is 5.95 Å². The summed E-state index contributed by atoms with van der Waals surface area (Å²) in [7, 11) is 1.43. The minimum Gasteiger partial charge on any atom is -0.467 e. The Balaban J connectivity index is 2.30. The summed E-state index contributed by atoms with van der Waals surface area (Å²) in [6.45, 7) is 0. The zero-order valence-electron chi connectivity index (χ0n) is 9.22. The molecule has 2 rings (SSSR count). The van der Waals surface area contributed by atoms with Gasteiger partial charge < -0.3 is 15.2 Å². The third kappa shape index (κ3) is 2.99. The lowest BCUT2D eigenvalue weighted by Crippen LogP contribution is -2.02. The van der Waals surface area contributed by atoms with E-state index in [1.807, 2.05) is 0 Å². The molecule has 0 bridgehead atoms. The Hall–Kier alpha value is -1.60. The van der Waals surface area contributed by atoms with Gasteiger partial charge in [-0.2, -0.15) is 9.97 Å². The topological polar surface area (TPSA) is 83.2 Å². The summed E-state index contributed by atoms with van der Waals surface area (Å²) in [5, 5.41) is 0.585. The number of ether oxygens (including phenoxy) is 2. The number of methoxy groups -OCH3 is 1. The number of nitrogens with zero attached hydrogens (tertiary/aromatic N) is 3. The highest BCUT2D eigenvalue weighted by Crippen LogP contribution is 2.30. The summed E-state index contributed by atoms with van der Waals surface area (Å²) in [6.07, 6.45) is 0. The second-order valence-electron chi connectivity index (χ2n) is 3.14. The molecule has 0 fully saturated rings. The van der Waals surface area contributed by atoms with Crippen LogP contribution < -0.4 is 15.2 Å². The van der Waals surface area contributed by atoms with Gasteiger partial charge in [-0.25, -0.2) is 0 Å². The summed E-state index contributed by atoms with van der Waals surface area (Å²) in [4.78, 5) is 11.5. The van der Waals surface area contributed by atoms with Crippen molar-refractivity contribution in [1.82, 2.24) is 15.0 Å². The molecule has 0 amide bonds. The first-order chi connectivity index (χ1) is 8.58. The van der Waals surface area contributed by atoms with Crippen LogP contribution in [0, 0.1) is 0 Å². The van der Waals surface area contributed by atoms with Crippen LogP contribution in [0.4, 0.5) is 5.95 Å². The number of hydrogen-bond acceptors (Lipinski definition) is 6. The van der Waals surface area contributed by atoms with Gasteiger partial charge in [0.25, 0.3) is 0 Å². The van der Waals surface area contributed by atoms with E-state index in [1.165, 1.54) is 7.11 Å². The molecule has 0 aliphatic carbocycles. The first-order valence-electron chi connectivity index (χ1n) is 4.77. The van der Waals surface area contributed by atoms with Crippen LogP contribution in [0.2, 0.25) is 5.02 Å². The zero-order valence-corrected chi connectivity index (χ0v) is 11.6. The summed E-state index contributed by atoms with van der Waals surface area (Å²) in [6, 6.07) is 5.19. The van der Waals surface area contributed by atoms with E-state index < -0.39 is 0 Å². The van der Waals surface area contributed by atoms with E-state index in [0.29, 0.717) is 15.2 Å². The Kier molecular flexibility index (Phi) is 3.83. The molecule has 1 heterocycles. The molecule has 0 spiro atoms. The Morgan fingerprint density at radius 2 is 1.94 bits per heavy atom. The van der Waals surface area contributed by atoms with Gasteiger partial charge in [0, 0.05) is 5.02 Å². The largest absolute Gasteiger partial charge is 0.467 e. The molecule has 0 aliphatic heterocycles. The lowest BCUT2D eigenvalue weighted by atomic mass is 10.3. The van der Waals surface area contributed by atoms with Crippen molar-refractivity contribution in [3.8, 4) is 17.8 Å². The molecule has 18 heavy (non-hydrogen) atoms. The average molecular weight is 332 g/mol. The van der Waals surface area contributed by atoms with E-state index in [9.17, 15) is 0 Å². The third-order valence-electron chi connectivity index (χ3n) is 1.89. The lowest BCUT2D eigenvalue weighted by Gasteiger charge is -2.07. The van der Waals surface area contributed by atoms with Crippen molar-refractivity contribution in [2.24, 2.45) is 0 Å². The van der Waals surface area contributed by atoms with Gasteiger partial charge in [-0.1, -0.05) is 11.6 Å². The predicted molar refractivity (Wildman–Crippen MR) is 70.0 cm³/mol. The van der Waals surface area contributed by atoms with E-state index in [4.69, 9.17) is 26.8 Å². The van der Waals surface area contributed by atoms with Gasteiger partial charge in [0.15, 0.2) is 0 Å². The van der Waals surface area contributed by atoms with Crippen molar-refractivity contribution < 1.29 is 9.47 Å². The van der Waals surface area contributed by atoms with Crippen molar-refractivity contribution in [1.29, 1.82) is 0 Å². The molecule has 0 saturated heterocycles. The van der Waals surface area contributed by atoms with Crippen molar-refractivity contribution in [2.75, 3.05) is 12.8 Å². The Labute approximate surface area is 116 Å². The van der Waals surface area contributed by atoms with Crippen molar-refractivity contribution in [2.45, 2.75) is 0 Å². The van der Waals surface area contributed by atoms with Crippen LogP contribution >= 0.6 is 27.5 Å². The van der Waals surface area contributed by atoms with Gasteiger partial charge in [0.05, 0.1) is 11.6 Å². The molecule has 0 atom stereocenters. The minimum atomic E-state index is 0.0157. The second kappa shape index (κ2) is 5.36. The van der Waals surface area contributed by atoms with Crippen LogP contribution in [0.1, 0.15) is 0 Å². The van der Waals surface area contributed by atoms with Crippen LogP contribution in [0.5, 0.6) is 17.8 Å². The molecular formula is C10H8BrClN4O2. The molecule has 1 aromatic carbocycles. The molecule has 0 aliphatic rings. The molecule has 6 nitrogen and oxygen atoms in total. The number of rotatable bonds is 3. The number of hydrogen-bond donors (Lipinski definition) is 1. The zero-order chi connectivity index (χ0) is 13.1. The fourth-order valence-corrected chi connectivity index (χ4v) is 1.91. The highest BCUT2D eigenvalue weighted by atomic mass is 79.9. The molecule has 0 radical (unpaired) electrons. The summed E-state index contributed by atoms with van der Waals surface area (Å²) < 4.78 is 11.0. The fourth-order valence-electron chi connectivity index (χ4n) is 1.15. The maximum atomic E-state index is 5.83. The van der Waals surface area contributed by atoms with Crippen molar-refractivity contribution in [3.05, 3.63) is 27.7 Å². The predicted octanol–water partition coefficient (Wildman–Crippen LogP) is 2.67. The summed E-state index contributed by atoms with van der Waals surface area (Å²) >= 11 is 9.14. The highest BCUT2D eigenvalue weighted by molar-refractivity contribution is 9.10. The number of halogens is 2. The maximum absolute atomic E-state index is 5.83. The van der Waals surface area contributed by atoms with Gasteiger partial charge in [-0.3, -0.25) is 0 Å². The van der Waals surface area contributed by atoms with E-state index in [0.717, 1.165) is 0 Å². The van der Waals surface area contributed by atoms with Crippen LogP contribution in [0.3, 0.4) is 0 Å². The standard InChI is InChI=1S/C10H8BrClN4O2/c1-17-9-14-8(13)15-10(16-9)18-7-3-2-5(12)4-6(7)11/h2-4H,1H3,(H2,13,14,15,16). The Bertz CT molecular complexity index is 582. The Morgan fingerprint density at radius 1 is 1.22 bits per heavy atom. The SMILES string of the molecule is COc1nc(N)nc(Oc2ccc(Cl)cc2Br)n1. The van der Waals surface area contributed by atoms with Crippen molar-refractivity contribution >= 4 is 33.5 Å². The minimum absolute atomic E-state index is 0.0157. The van der Waals surface area contributed by atoms with Crippen LogP contribution in [0.15, 0.2) is 22.7 Å². The molecule has 94 valence electrons. The monoisotopic (exact) mass is 330 g/mol. The van der Waals surface area contributed by atoms with E-state index >= 15 is 0 Å². The number of anilines is 1. The number of nitrogen functional groups attached to an aromatic ring is 1. The number of aromatic nitrogens is 3. The second-order valence-corrected chi connectivity index (χ2v) is 4.43. The molecule has 0 unspecified atom stereocenters. The maximum Gasteiger partial charge on any atom is 0.330 e. The van der Waals surface area contributed by atoms with E-state index in [2.05, 4.69) is 30.9 Å². The molecule has 0 saturated carbocycles. The van der Waals surface area contributed by atoms with E-state index in [-0.39, 0.29) is 18.0 Å². The first kappa shape index (κ1) is 12.8. The van der Waals surface area contributed by atoms with Crippen LogP contribution in [-0.4, -0.2) is 22.1 Å². The fraction of sp³-hybridized carbons (Fsp3) is 0.100. The van der Waals surface area contributed by atoms with Gasteiger partial charge in [-0.05, 0) is 34.1 Å². The molecule has 1 aromatic heterocycles. The van der Waals surface area contributed by atoms with Crippen molar-refractivity contribution in [3.63, 3.8) is 0 Å². The van der Waals surface area contributed by atoms with Crippen LogP contribution in [0.25, 0.3) is 0 Å². The summed E-state index contributed by atoms with van der Waals surface area (Å²) in [5.41, 5.74) is 5.50. The Morgan fingerprint density at radius 3 is 2.61 bits per heavy atom. The number of benzene rings is 1. The normalized spacial score (nSPS) is 10.2. The first-order valence-corrected chi connectivity index (χ1v) is 5.94. The lowest BCUT2D eigenvalue weighted by molar-refractivity contribution is 0.360. The molecule has 2 aromatic rings. The molecular weight excluding hydrogens is 323 g/mol. The van der Waals surface area contributed by atoms with E-state index in [1.54, 1.807) is 18.2 Å². The number of nitrogens with two attached hydrogens (primary N) is 1. The summed E-state index contributed by atoms with van der Waals surface area (Å²) in [5.74, 6) is 0.522. The highest BCUT2D eigenvalue weighted by Gasteiger charge is 2.09. The molecule has 8 heteroatoms. The van der Waals surface area contributed by atoms with Crippen LogP contribution in [-0.2, 0) is 0 Å². The van der Waals surface area contributed by atoms with Gasteiger partial charge >= 0.3 is 12.0 Å². The average Bonchev–Trinajstić information content (AvgIpc) is 2.32. The molecule has 2 N–H and O–H groups in total. The van der Waals surface area contributed by atoms with Gasteiger partial charge in [0.1, 0.15) is 5.75 Å². The smallest absolute Gasteiger partial charge is 0.330 e. The van der Waals surface area contributed by atoms with Gasteiger partial charge in [-0.15, -0.1) is 4.98 Å². The third-order valence-corrected chi connectivity index (χ3v) is 2.74. The quantitative estimate of drug-likeness (QED) is 0.931.